The van der Waals surface area contributed by atoms with Gasteiger partial charge in [-0.2, -0.15) is 0 Å². The minimum atomic E-state index is -0.873. The Morgan fingerprint density at radius 2 is 2.10 bits per heavy atom. The van der Waals surface area contributed by atoms with Crippen LogP contribution in [0, 0.1) is 0 Å². The molecule has 0 aromatic carbocycles. The summed E-state index contributed by atoms with van der Waals surface area (Å²) < 4.78 is 21.4. The van der Waals surface area contributed by atoms with E-state index in [2.05, 4.69) is 26.6 Å². The van der Waals surface area contributed by atoms with Crippen molar-refractivity contribution in [3.8, 4) is 0 Å². The lowest BCUT2D eigenvalue weighted by Gasteiger charge is -2.27. The predicted molar refractivity (Wildman–Crippen MR) is 103 cm³/mol. The smallest absolute Gasteiger partial charge is 0.338 e. The van der Waals surface area contributed by atoms with Crippen molar-refractivity contribution >= 4 is 40.0 Å². The molecule has 0 fully saturated rings. The number of halogens is 1. The van der Waals surface area contributed by atoms with Crippen LogP contribution < -0.4 is 10.6 Å². The van der Waals surface area contributed by atoms with Gasteiger partial charge in [-0.15, -0.1) is 0 Å². The minimum Gasteiger partial charge on any atom is -0.467 e. The lowest BCUT2D eigenvalue weighted by atomic mass is 10.0. The molecule has 2 aromatic heterocycles. The number of furan rings is 2. The molecule has 0 saturated carbocycles. The largest absolute Gasteiger partial charge is 0.467 e. The van der Waals surface area contributed by atoms with Crippen LogP contribution in [-0.2, 0) is 19.1 Å². The third-order valence-electron chi connectivity index (χ3n) is 3.81. The molecule has 2 amide bonds. The molecule has 10 heteroatoms. The molecule has 3 heterocycles. The number of esters is 2. The first-order valence-electron chi connectivity index (χ1n) is 8.59. The zero-order chi connectivity index (χ0) is 20.8. The number of rotatable bonds is 7. The topological polar surface area (TPSA) is 120 Å². The summed E-state index contributed by atoms with van der Waals surface area (Å²) >= 11 is 3.16. The van der Waals surface area contributed by atoms with Crippen LogP contribution in [0.2, 0.25) is 0 Å². The lowest BCUT2D eigenvalue weighted by molar-refractivity contribution is -0.140. The monoisotopic (exact) mass is 464 g/mol. The van der Waals surface area contributed by atoms with Crippen LogP contribution in [0.5, 0.6) is 0 Å². The van der Waals surface area contributed by atoms with Gasteiger partial charge in [0, 0.05) is 6.08 Å². The van der Waals surface area contributed by atoms with E-state index in [1.807, 2.05) is 0 Å². The van der Waals surface area contributed by atoms with Crippen molar-refractivity contribution in [1.29, 1.82) is 0 Å². The highest BCUT2D eigenvalue weighted by Crippen LogP contribution is 2.28. The number of carbonyl (C=O) groups is 3. The Bertz CT molecular complexity index is 959. The fourth-order valence-electron chi connectivity index (χ4n) is 2.61. The van der Waals surface area contributed by atoms with E-state index < -0.39 is 24.0 Å². The van der Waals surface area contributed by atoms with Gasteiger partial charge in [-0.1, -0.05) is 0 Å². The molecule has 0 spiro atoms. The summed E-state index contributed by atoms with van der Waals surface area (Å²) in [5.41, 5.74) is 0.198. The Morgan fingerprint density at radius 3 is 2.76 bits per heavy atom. The maximum absolute atomic E-state index is 12.5. The van der Waals surface area contributed by atoms with Gasteiger partial charge < -0.3 is 28.9 Å². The van der Waals surface area contributed by atoms with Crippen molar-refractivity contribution in [3.05, 3.63) is 64.1 Å². The highest BCUT2D eigenvalue weighted by Gasteiger charge is 2.35. The minimum absolute atomic E-state index is 0.0909. The van der Waals surface area contributed by atoms with Crippen LogP contribution in [0.4, 0.5) is 4.79 Å². The molecule has 29 heavy (non-hydrogen) atoms. The summed E-state index contributed by atoms with van der Waals surface area (Å²) in [5.74, 6) is -0.553. The van der Waals surface area contributed by atoms with Gasteiger partial charge in [0.25, 0.3) is 0 Å². The number of urea groups is 1. The van der Waals surface area contributed by atoms with Gasteiger partial charge in [0.2, 0.25) is 0 Å². The summed E-state index contributed by atoms with van der Waals surface area (Å²) in [5, 5.41) is 5.09. The van der Waals surface area contributed by atoms with Crippen LogP contribution in [0.15, 0.2) is 61.4 Å². The molecule has 2 N–H and O–H groups in total. The number of ether oxygens (including phenoxy) is 2. The molecule has 152 valence electrons. The highest BCUT2D eigenvalue weighted by atomic mass is 79.9. The number of hydrogen-bond acceptors (Lipinski definition) is 7. The third kappa shape index (κ3) is 5.17. The molecule has 1 aliphatic rings. The van der Waals surface area contributed by atoms with E-state index in [-0.39, 0.29) is 24.5 Å². The fourth-order valence-corrected chi connectivity index (χ4v) is 2.93. The normalized spacial score (nSPS) is 16.5. The van der Waals surface area contributed by atoms with Crippen molar-refractivity contribution in [1.82, 2.24) is 10.6 Å². The first-order chi connectivity index (χ1) is 14.0. The Hall–Kier alpha value is -3.27. The average molecular weight is 465 g/mol. The van der Waals surface area contributed by atoms with Gasteiger partial charge in [-0.05, 0) is 53.2 Å². The average Bonchev–Trinajstić information content (AvgIpc) is 3.36. The van der Waals surface area contributed by atoms with Crippen molar-refractivity contribution in [2.75, 3.05) is 13.2 Å². The van der Waals surface area contributed by atoms with Gasteiger partial charge >= 0.3 is 18.0 Å². The van der Waals surface area contributed by atoms with Gasteiger partial charge in [0.1, 0.15) is 24.2 Å². The molecule has 9 nitrogen and oxygen atoms in total. The standard InChI is InChI=1S/C19H17BrN2O7/c1-2-26-18(24)16-12(21-19(25)22-17(16)13-4-3-9-27-13)10-28-15(23)8-6-11-5-7-14(20)29-11/h3-9,17H,2,10H2,1H3,(H2,21,22,25)/b8-6+. The van der Waals surface area contributed by atoms with Gasteiger partial charge in [0.05, 0.1) is 24.1 Å². The second-order valence-corrected chi connectivity index (χ2v) is 6.52. The Balaban J connectivity index is 1.79. The van der Waals surface area contributed by atoms with Crippen LogP contribution >= 0.6 is 15.9 Å². The Labute approximate surface area is 173 Å². The maximum Gasteiger partial charge on any atom is 0.338 e. The zero-order valence-electron chi connectivity index (χ0n) is 15.3. The van der Waals surface area contributed by atoms with Crippen LogP contribution in [0.25, 0.3) is 6.08 Å². The van der Waals surface area contributed by atoms with Crippen molar-refractivity contribution in [2.45, 2.75) is 13.0 Å². The van der Waals surface area contributed by atoms with Crippen molar-refractivity contribution < 1.29 is 32.7 Å². The summed E-state index contributed by atoms with van der Waals surface area (Å²) in [6.07, 6.45) is 4.02. The van der Waals surface area contributed by atoms with Crippen LogP contribution in [-0.4, -0.2) is 31.2 Å². The van der Waals surface area contributed by atoms with Crippen molar-refractivity contribution in [3.63, 3.8) is 0 Å². The Kier molecular flexibility index (Phi) is 6.55. The van der Waals surface area contributed by atoms with Crippen LogP contribution in [0.1, 0.15) is 24.5 Å². The number of hydrogen-bond donors (Lipinski definition) is 2. The molecule has 0 aliphatic carbocycles. The number of carbonyl (C=O) groups excluding carboxylic acids is 3. The summed E-state index contributed by atoms with van der Waals surface area (Å²) in [6, 6.07) is 5.15. The van der Waals surface area contributed by atoms with E-state index in [1.54, 1.807) is 31.2 Å². The molecule has 1 unspecified atom stereocenters. The van der Waals surface area contributed by atoms with Gasteiger partial charge in [0.15, 0.2) is 4.67 Å². The number of nitrogens with one attached hydrogen (secondary N) is 2. The molecular weight excluding hydrogens is 448 g/mol. The second kappa shape index (κ2) is 9.28. The first kappa shape index (κ1) is 20.5. The van der Waals surface area contributed by atoms with Crippen molar-refractivity contribution in [2.24, 2.45) is 0 Å². The van der Waals surface area contributed by atoms with Gasteiger partial charge in [-0.3, -0.25) is 0 Å². The van der Waals surface area contributed by atoms with E-state index in [0.717, 1.165) is 0 Å². The van der Waals surface area contributed by atoms with E-state index in [0.29, 0.717) is 16.2 Å². The SMILES string of the molecule is CCOC(=O)C1=C(COC(=O)/C=C/c2ccc(Br)o2)NC(=O)NC1c1ccco1. The molecular formula is C19H17BrN2O7. The summed E-state index contributed by atoms with van der Waals surface area (Å²) in [4.78, 5) is 36.5. The van der Waals surface area contributed by atoms with E-state index >= 15 is 0 Å². The Morgan fingerprint density at radius 1 is 1.28 bits per heavy atom. The number of amides is 2. The molecule has 1 atom stereocenters. The van der Waals surface area contributed by atoms with Crippen LogP contribution in [0.3, 0.4) is 0 Å². The molecule has 2 aromatic rings. The van der Waals surface area contributed by atoms with Gasteiger partial charge in [-0.25, -0.2) is 14.4 Å². The molecule has 0 radical (unpaired) electrons. The highest BCUT2D eigenvalue weighted by molar-refractivity contribution is 9.10. The quantitative estimate of drug-likeness (QED) is 0.477. The maximum atomic E-state index is 12.5. The second-order valence-electron chi connectivity index (χ2n) is 5.74. The van der Waals surface area contributed by atoms with E-state index in [4.69, 9.17) is 18.3 Å². The summed E-state index contributed by atoms with van der Waals surface area (Å²) in [7, 11) is 0. The summed E-state index contributed by atoms with van der Waals surface area (Å²) in [6.45, 7) is 1.45. The fraction of sp³-hybridized carbons (Fsp3) is 0.211. The zero-order valence-corrected chi connectivity index (χ0v) is 16.9. The predicted octanol–water partition coefficient (Wildman–Crippen LogP) is 3.06. The third-order valence-corrected chi connectivity index (χ3v) is 4.24. The van der Waals surface area contributed by atoms with E-state index in [9.17, 15) is 14.4 Å². The molecule has 3 rings (SSSR count). The van der Waals surface area contributed by atoms with E-state index in [1.165, 1.54) is 18.4 Å². The lowest BCUT2D eigenvalue weighted by Crippen LogP contribution is -2.47. The first-order valence-corrected chi connectivity index (χ1v) is 9.38. The molecule has 1 aliphatic heterocycles. The molecule has 0 bridgehead atoms. The molecule has 0 saturated heterocycles.